The Morgan fingerprint density at radius 1 is 1.04 bits per heavy atom. The number of carbonyl (C=O) groups is 2. The van der Waals surface area contributed by atoms with E-state index in [2.05, 4.69) is 6.07 Å². The van der Waals surface area contributed by atoms with Gasteiger partial charge in [0.05, 0.1) is 0 Å². The van der Waals surface area contributed by atoms with Gasteiger partial charge in [-0.05, 0) is 36.0 Å². The summed E-state index contributed by atoms with van der Waals surface area (Å²) >= 11 is 0. The van der Waals surface area contributed by atoms with Crippen LogP contribution in [0, 0.1) is 5.92 Å². The van der Waals surface area contributed by atoms with E-state index in [1.807, 2.05) is 60.5 Å². The van der Waals surface area contributed by atoms with Crippen LogP contribution in [0.15, 0.2) is 54.6 Å². The van der Waals surface area contributed by atoms with Crippen LogP contribution in [0.3, 0.4) is 0 Å². The highest BCUT2D eigenvalue weighted by molar-refractivity contribution is 5.91. The van der Waals surface area contributed by atoms with Crippen molar-refractivity contribution in [2.24, 2.45) is 5.92 Å². The van der Waals surface area contributed by atoms with E-state index >= 15 is 0 Å². The molecule has 1 aliphatic carbocycles. The van der Waals surface area contributed by atoms with E-state index in [1.165, 1.54) is 5.56 Å². The average Bonchev–Trinajstić information content (AvgIpc) is 3.52. The molecule has 0 saturated heterocycles. The zero-order chi connectivity index (χ0) is 18.1. The fraction of sp³-hybridized carbons (Fsp3) is 0.364. The fourth-order valence-corrected chi connectivity index (χ4v) is 3.78. The predicted molar refractivity (Wildman–Crippen MR) is 100 cm³/mol. The van der Waals surface area contributed by atoms with Crippen LogP contribution in [0.25, 0.3) is 0 Å². The van der Waals surface area contributed by atoms with Crippen LogP contribution in [0.2, 0.25) is 0 Å². The van der Waals surface area contributed by atoms with E-state index in [0.29, 0.717) is 13.1 Å². The van der Waals surface area contributed by atoms with Crippen molar-refractivity contribution >= 4 is 11.8 Å². The van der Waals surface area contributed by atoms with Gasteiger partial charge in [-0.3, -0.25) is 9.59 Å². The maximum absolute atomic E-state index is 13.4. The summed E-state index contributed by atoms with van der Waals surface area (Å²) in [5.41, 5.74) is 3.25. The molecule has 0 aromatic heterocycles. The van der Waals surface area contributed by atoms with Crippen LogP contribution >= 0.6 is 0 Å². The van der Waals surface area contributed by atoms with E-state index in [9.17, 15) is 9.59 Å². The maximum atomic E-state index is 13.4. The van der Waals surface area contributed by atoms with Gasteiger partial charge < -0.3 is 9.80 Å². The third kappa shape index (κ3) is 3.24. The minimum atomic E-state index is -0.498. The Morgan fingerprint density at radius 2 is 1.73 bits per heavy atom. The van der Waals surface area contributed by atoms with Gasteiger partial charge in [0.1, 0.15) is 6.04 Å². The van der Waals surface area contributed by atoms with Gasteiger partial charge in [0.2, 0.25) is 11.8 Å². The highest BCUT2D eigenvalue weighted by atomic mass is 16.2. The summed E-state index contributed by atoms with van der Waals surface area (Å²) in [5, 5.41) is 0. The van der Waals surface area contributed by atoms with E-state index in [0.717, 1.165) is 30.4 Å². The van der Waals surface area contributed by atoms with E-state index in [1.54, 1.807) is 4.90 Å². The molecule has 0 bridgehead atoms. The SMILES string of the molecule is CN(Cc1ccccc1)C(=O)C1c2ccccc2CCN1C(=O)C1CC1. The molecule has 1 atom stereocenters. The van der Waals surface area contributed by atoms with Gasteiger partial charge in [-0.25, -0.2) is 0 Å². The second-order valence-corrected chi connectivity index (χ2v) is 7.34. The number of benzene rings is 2. The Bertz CT molecular complexity index is 814. The molecule has 26 heavy (non-hydrogen) atoms. The first kappa shape index (κ1) is 16.8. The summed E-state index contributed by atoms with van der Waals surface area (Å²) in [6, 6.07) is 17.5. The molecule has 1 aliphatic heterocycles. The van der Waals surface area contributed by atoms with Crippen molar-refractivity contribution in [3.05, 3.63) is 71.3 Å². The molecule has 0 spiro atoms. The lowest BCUT2D eigenvalue weighted by Crippen LogP contribution is -2.48. The Morgan fingerprint density at radius 3 is 2.46 bits per heavy atom. The summed E-state index contributed by atoms with van der Waals surface area (Å²) < 4.78 is 0. The van der Waals surface area contributed by atoms with Crippen molar-refractivity contribution in [2.45, 2.75) is 31.8 Å². The van der Waals surface area contributed by atoms with E-state index < -0.39 is 6.04 Å². The number of hydrogen-bond donors (Lipinski definition) is 0. The molecule has 0 N–H and O–H groups in total. The molecular formula is C22H24N2O2. The largest absolute Gasteiger partial charge is 0.339 e. The maximum Gasteiger partial charge on any atom is 0.250 e. The zero-order valence-corrected chi connectivity index (χ0v) is 15.1. The lowest BCUT2D eigenvalue weighted by Gasteiger charge is -2.38. The number of rotatable bonds is 4. The number of likely N-dealkylation sites (N-methyl/N-ethyl adjacent to an activating group) is 1. The minimum Gasteiger partial charge on any atom is -0.339 e. The molecule has 1 unspecified atom stereocenters. The Balaban J connectivity index is 1.62. The average molecular weight is 348 g/mol. The molecule has 4 nitrogen and oxygen atoms in total. The summed E-state index contributed by atoms with van der Waals surface area (Å²) in [6.07, 6.45) is 2.73. The highest BCUT2D eigenvalue weighted by Crippen LogP contribution is 2.37. The first-order valence-corrected chi connectivity index (χ1v) is 9.32. The molecule has 1 heterocycles. The molecule has 1 saturated carbocycles. The minimum absolute atomic E-state index is 0.00463. The molecule has 134 valence electrons. The number of nitrogens with zero attached hydrogens (tertiary/aromatic N) is 2. The van der Waals surface area contributed by atoms with Crippen LogP contribution in [0.5, 0.6) is 0 Å². The number of fused-ring (bicyclic) bond motifs is 1. The number of hydrogen-bond acceptors (Lipinski definition) is 2. The molecule has 2 aromatic carbocycles. The van der Waals surface area contributed by atoms with Crippen molar-refractivity contribution in [3.63, 3.8) is 0 Å². The molecule has 2 aromatic rings. The predicted octanol–water partition coefficient (Wildman–Crippen LogP) is 3.18. The van der Waals surface area contributed by atoms with Crippen molar-refractivity contribution in [1.82, 2.24) is 9.80 Å². The van der Waals surface area contributed by atoms with Crippen molar-refractivity contribution in [2.75, 3.05) is 13.6 Å². The van der Waals surface area contributed by atoms with Gasteiger partial charge in [-0.15, -0.1) is 0 Å². The Hall–Kier alpha value is -2.62. The number of carbonyl (C=O) groups excluding carboxylic acids is 2. The quantitative estimate of drug-likeness (QED) is 0.851. The van der Waals surface area contributed by atoms with Crippen LogP contribution < -0.4 is 0 Å². The molecule has 0 radical (unpaired) electrons. The first-order chi connectivity index (χ1) is 12.6. The second-order valence-electron chi connectivity index (χ2n) is 7.34. The lowest BCUT2D eigenvalue weighted by molar-refractivity contribution is -0.147. The van der Waals surface area contributed by atoms with Crippen LogP contribution in [0.1, 0.15) is 35.6 Å². The Labute approximate surface area is 154 Å². The van der Waals surface area contributed by atoms with Gasteiger partial charge >= 0.3 is 0 Å². The fourth-order valence-electron chi connectivity index (χ4n) is 3.78. The van der Waals surface area contributed by atoms with Crippen molar-refractivity contribution in [3.8, 4) is 0 Å². The topological polar surface area (TPSA) is 40.6 Å². The summed E-state index contributed by atoms with van der Waals surface area (Å²) in [7, 11) is 1.83. The first-order valence-electron chi connectivity index (χ1n) is 9.32. The molecule has 4 rings (SSSR count). The van der Waals surface area contributed by atoms with Gasteiger partial charge in [0.25, 0.3) is 0 Å². The van der Waals surface area contributed by atoms with Crippen molar-refractivity contribution in [1.29, 1.82) is 0 Å². The van der Waals surface area contributed by atoms with E-state index in [4.69, 9.17) is 0 Å². The third-order valence-electron chi connectivity index (χ3n) is 5.37. The zero-order valence-electron chi connectivity index (χ0n) is 15.1. The van der Waals surface area contributed by atoms with Crippen LogP contribution in [-0.4, -0.2) is 35.2 Å². The highest BCUT2D eigenvalue weighted by Gasteiger charge is 2.42. The molecule has 2 amide bonds. The third-order valence-corrected chi connectivity index (χ3v) is 5.37. The summed E-state index contributed by atoms with van der Waals surface area (Å²) in [6.45, 7) is 1.17. The van der Waals surface area contributed by atoms with Crippen LogP contribution in [0.4, 0.5) is 0 Å². The van der Waals surface area contributed by atoms with Gasteiger partial charge in [0, 0.05) is 26.1 Å². The molecule has 1 fully saturated rings. The number of amides is 2. The summed E-state index contributed by atoms with van der Waals surface area (Å²) in [5.74, 6) is 0.260. The standard InChI is InChI=1S/C22H24N2O2/c1-23(15-16-7-3-2-4-8-16)22(26)20-19-10-6-5-9-17(19)13-14-24(20)21(25)18-11-12-18/h2-10,18,20H,11-15H2,1H3. The van der Waals surface area contributed by atoms with Gasteiger partial charge in [0.15, 0.2) is 0 Å². The molecule has 4 heteroatoms. The van der Waals surface area contributed by atoms with E-state index in [-0.39, 0.29) is 17.7 Å². The second kappa shape index (κ2) is 6.94. The van der Waals surface area contributed by atoms with Gasteiger partial charge in [-0.1, -0.05) is 54.6 Å². The molecular weight excluding hydrogens is 324 g/mol. The monoisotopic (exact) mass is 348 g/mol. The van der Waals surface area contributed by atoms with Crippen LogP contribution in [-0.2, 0) is 22.6 Å². The normalized spacial score (nSPS) is 19.0. The van der Waals surface area contributed by atoms with Crippen molar-refractivity contribution < 1.29 is 9.59 Å². The Kier molecular flexibility index (Phi) is 4.49. The molecule has 2 aliphatic rings. The van der Waals surface area contributed by atoms with Gasteiger partial charge in [-0.2, -0.15) is 0 Å². The lowest BCUT2D eigenvalue weighted by atomic mass is 9.91. The summed E-state index contributed by atoms with van der Waals surface area (Å²) in [4.78, 5) is 29.7. The smallest absolute Gasteiger partial charge is 0.250 e.